The summed E-state index contributed by atoms with van der Waals surface area (Å²) in [6.07, 6.45) is 5.39. The van der Waals surface area contributed by atoms with Crippen LogP contribution in [0, 0.1) is 12.3 Å². The van der Waals surface area contributed by atoms with Crippen LogP contribution in [0.5, 0.6) is 0 Å². The summed E-state index contributed by atoms with van der Waals surface area (Å²) in [5, 5.41) is 0. The molecule has 0 aromatic carbocycles. The lowest BCUT2D eigenvalue weighted by atomic mass is 9.69. The van der Waals surface area contributed by atoms with Crippen LogP contribution in [0.4, 0.5) is 0 Å². The fourth-order valence-electron chi connectivity index (χ4n) is 1.03. The molecular formula is C7H13. The van der Waals surface area contributed by atoms with E-state index in [0.29, 0.717) is 5.41 Å². The van der Waals surface area contributed by atoms with Gasteiger partial charge >= 0.3 is 0 Å². The average molecular weight is 97.2 g/mol. The average Bonchev–Trinajstić information content (AvgIpc) is 1.61. The van der Waals surface area contributed by atoms with Crippen molar-refractivity contribution in [2.45, 2.75) is 32.6 Å². The lowest BCUT2D eigenvalue weighted by Crippen LogP contribution is -2.23. The minimum Gasteiger partial charge on any atom is -0.0596 e. The molecule has 1 saturated carbocycles. The summed E-state index contributed by atoms with van der Waals surface area (Å²) < 4.78 is 0. The number of hydrogen-bond acceptors (Lipinski definition) is 0. The Morgan fingerprint density at radius 3 is 2.14 bits per heavy atom. The second kappa shape index (κ2) is 1.50. The molecule has 1 rings (SSSR count). The van der Waals surface area contributed by atoms with Crippen LogP contribution in [0.2, 0.25) is 0 Å². The number of rotatable bonds is 1. The first-order chi connectivity index (χ1) is 3.27. The Balaban J connectivity index is 2.29. The number of hydrogen-bond donors (Lipinski definition) is 0. The largest absolute Gasteiger partial charge is 0.0596 e. The van der Waals surface area contributed by atoms with E-state index in [1.54, 1.807) is 0 Å². The Morgan fingerprint density at radius 1 is 1.57 bits per heavy atom. The Morgan fingerprint density at radius 2 is 2.14 bits per heavy atom. The van der Waals surface area contributed by atoms with Gasteiger partial charge in [-0.15, -0.1) is 0 Å². The zero-order valence-electron chi connectivity index (χ0n) is 5.04. The minimum atomic E-state index is 0.653. The molecule has 0 unspecified atom stereocenters. The van der Waals surface area contributed by atoms with Crippen LogP contribution in [0.3, 0.4) is 0 Å². The van der Waals surface area contributed by atoms with Gasteiger partial charge in [0.05, 0.1) is 0 Å². The molecule has 0 nitrogen and oxygen atoms in total. The molecule has 0 bridgehead atoms. The van der Waals surface area contributed by atoms with Crippen LogP contribution in [0.15, 0.2) is 0 Å². The van der Waals surface area contributed by atoms with Crippen molar-refractivity contribution < 1.29 is 0 Å². The van der Waals surface area contributed by atoms with Crippen LogP contribution in [-0.2, 0) is 0 Å². The summed E-state index contributed by atoms with van der Waals surface area (Å²) in [5.74, 6) is 0. The maximum Gasteiger partial charge on any atom is -0.0326 e. The molecule has 1 aliphatic carbocycles. The Hall–Kier alpha value is 0. The first-order valence-corrected chi connectivity index (χ1v) is 3.06. The van der Waals surface area contributed by atoms with E-state index in [0.717, 1.165) is 6.42 Å². The van der Waals surface area contributed by atoms with Crippen molar-refractivity contribution in [2.75, 3.05) is 0 Å². The molecule has 0 spiro atoms. The molecule has 0 aromatic rings. The molecule has 1 aliphatic rings. The van der Waals surface area contributed by atoms with Crippen molar-refractivity contribution in [3.8, 4) is 0 Å². The molecule has 0 amide bonds. The van der Waals surface area contributed by atoms with Gasteiger partial charge < -0.3 is 0 Å². The molecule has 0 aromatic heterocycles. The molecule has 1 radical (unpaired) electrons. The van der Waals surface area contributed by atoms with Crippen molar-refractivity contribution in [2.24, 2.45) is 5.41 Å². The fourth-order valence-corrected chi connectivity index (χ4v) is 1.03. The topological polar surface area (TPSA) is 0 Å². The Bertz CT molecular complexity index is 54.9. The van der Waals surface area contributed by atoms with E-state index in [1.165, 1.54) is 19.3 Å². The third-order valence-electron chi connectivity index (χ3n) is 2.16. The monoisotopic (exact) mass is 97.1 g/mol. The summed E-state index contributed by atoms with van der Waals surface area (Å²) >= 11 is 0. The van der Waals surface area contributed by atoms with E-state index in [-0.39, 0.29) is 0 Å². The van der Waals surface area contributed by atoms with Crippen molar-refractivity contribution in [3.05, 3.63) is 6.92 Å². The van der Waals surface area contributed by atoms with E-state index in [4.69, 9.17) is 0 Å². The van der Waals surface area contributed by atoms with E-state index in [1.807, 2.05) is 0 Å². The molecule has 0 aliphatic heterocycles. The molecule has 7 heavy (non-hydrogen) atoms. The van der Waals surface area contributed by atoms with Gasteiger partial charge in [0.1, 0.15) is 0 Å². The molecular weight excluding hydrogens is 84.1 g/mol. The van der Waals surface area contributed by atoms with Gasteiger partial charge in [0.15, 0.2) is 0 Å². The summed E-state index contributed by atoms with van der Waals surface area (Å²) in [4.78, 5) is 0. The van der Waals surface area contributed by atoms with E-state index in [9.17, 15) is 0 Å². The molecule has 0 saturated heterocycles. The van der Waals surface area contributed by atoms with Crippen molar-refractivity contribution in [3.63, 3.8) is 0 Å². The Kier molecular flexibility index (Phi) is 1.10. The van der Waals surface area contributed by atoms with Gasteiger partial charge in [-0.05, 0) is 24.7 Å². The van der Waals surface area contributed by atoms with Crippen LogP contribution in [0.25, 0.3) is 0 Å². The summed E-state index contributed by atoms with van der Waals surface area (Å²) in [6, 6.07) is 0. The van der Waals surface area contributed by atoms with Crippen molar-refractivity contribution >= 4 is 0 Å². The van der Waals surface area contributed by atoms with Crippen LogP contribution >= 0.6 is 0 Å². The van der Waals surface area contributed by atoms with Gasteiger partial charge in [-0.2, -0.15) is 0 Å². The van der Waals surface area contributed by atoms with Gasteiger partial charge in [-0.25, -0.2) is 0 Å². The normalized spacial score (nSPS) is 26.6. The van der Waals surface area contributed by atoms with Crippen LogP contribution < -0.4 is 0 Å². The second-order valence-corrected chi connectivity index (χ2v) is 2.91. The lowest BCUT2D eigenvalue weighted by molar-refractivity contribution is 0.164. The predicted molar refractivity (Wildman–Crippen MR) is 31.9 cm³/mol. The highest BCUT2D eigenvalue weighted by atomic mass is 14.3. The SMILES string of the molecule is [CH2]CC1(C)CCC1. The lowest BCUT2D eigenvalue weighted by Gasteiger charge is -2.37. The van der Waals surface area contributed by atoms with Gasteiger partial charge in [0, 0.05) is 0 Å². The third-order valence-corrected chi connectivity index (χ3v) is 2.16. The van der Waals surface area contributed by atoms with E-state index in [2.05, 4.69) is 13.8 Å². The van der Waals surface area contributed by atoms with Crippen LogP contribution in [-0.4, -0.2) is 0 Å². The zero-order valence-corrected chi connectivity index (χ0v) is 5.04. The molecule has 1 fully saturated rings. The second-order valence-electron chi connectivity index (χ2n) is 2.91. The van der Waals surface area contributed by atoms with Crippen molar-refractivity contribution in [1.82, 2.24) is 0 Å². The fraction of sp³-hybridized carbons (Fsp3) is 0.857. The van der Waals surface area contributed by atoms with E-state index < -0.39 is 0 Å². The molecule has 0 atom stereocenters. The molecule has 0 N–H and O–H groups in total. The highest BCUT2D eigenvalue weighted by molar-refractivity contribution is 4.83. The highest BCUT2D eigenvalue weighted by Gasteiger charge is 2.28. The third kappa shape index (κ3) is 0.793. The molecule has 0 heterocycles. The molecule has 0 heteroatoms. The first-order valence-electron chi connectivity index (χ1n) is 3.06. The Labute approximate surface area is 45.9 Å². The van der Waals surface area contributed by atoms with Crippen molar-refractivity contribution in [1.29, 1.82) is 0 Å². The van der Waals surface area contributed by atoms with Crippen LogP contribution in [0.1, 0.15) is 32.6 Å². The maximum absolute atomic E-state index is 3.88. The smallest absolute Gasteiger partial charge is 0.0326 e. The maximum atomic E-state index is 3.88. The minimum absolute atomic E-state index is 0.653. The first kappa shape index (κ1) is 5.14. The van der Waals surface area contributed by atoms with E-state index >= 15 is 0 Å². The van der Waals surface area contributed by atoms with Gasteiger partial charge in [0.2, 0.25) is 0 Å². The summed E-state index contributed by atoms with van der Waals surface area (Å²) in [5.41, 5.74) is 0.653. The van der Waals surface area contributed by atoms with Gasteiger partial charge in [-0.3, -0.25) is 0 Å². The zero-order chi connectivity index (χ0) is 5.33. The predicted octanol–water partition coefficient (Wildman–Crippen LogP) is 2.40. The van der Waals surface area contributed by atoms with Gasteiger partial charge in [-0.1, -0.05) is 20.3 Å². The quantitative estimate of drug-likeness (QED) is 0.471. The highest BCUT2D eigenvalue weighted by Crippen LogP contribution is 2.42. The van der Waals surface area contributed by atoms with Gasteiger partial charge in [0.25, 0.3) is 0 Å². The standard InChI is InChI=1S/C7H13/c1-3-7(2)5-4-6-7/h1,3-6H2,2H3. The summed E-state index contributed by atoms with van der Waals surface area (Å²) in [7, 11) is 0. The summed E-state index contributed by atoms with van der Waals surface area (Å²) in [6.45, 7) is 6.20. The molecule has 41 valence electrons.